The Morgan fingerprint density at radius 2 is 2.29 bits per heavy atom. The van der Waals surface area contributed by atoms with E-state index >= 15 is 0 Å². The van der Waals surface area contributed by atoms with E-state index in [0.29, 0.717) is 32.4 Å². The van der Waals surface area contributed by atoms with Gasteiger partial charge in [0, 0.05) is 19.5 Å². The van der Waals surface area contributed by atoms with E-state index in [1.807, 2.05) is 0 Å². The van der Waals surface area contributed by atoms with Gasteiger partial charge in [0.1, 0.15) is 6.04 Å². The number of nitrogens with zero attached hydrogens (tertiary/aromatic N) is 1. The van der Waals surface area contributed by atoms with Crippen molar-refractivity contribution >= 4 is 11.8 Å². The maximum absolute atomic E-state index is 11.7. The third-order valence-electron chi connectivity index (χ3n) is 2.77. The minimum atomic E-state index is -0.393. The number of likely N-dealkylation sites (tertiary alicyclic amines) is 1. The summed E-state index contributed by atoms with van der Waals surface area (Å²) >= 11 is 0. The molecule has 2 heterocycles. The summed E-state index contributed by atoms with van der Waals surface area (Å²) in [7, 11) is 0. The molecular weight excluding hydrogens is 184 g/mol. The quantitative estimate of drug-likeness (QED) is 0.559. The van der Waals surface area contributed by atoms with Crippen LogP contribution in [0.2, 0.25) is 0 Å². The van der Waals surface area contributed by atoms with Crippen LogP contribution in [-0.2, 0) is 9.59 Å². The zero-order chi connectivity index (χ0) is 10.1. The minimum absolute atomic E-state index is 0.0487. The Kier molecular flexibility index (Phi) is 2.41. The monoisotopic (exact) mass is 198 g/mol. The normalized spacial score (nSPS) is 32.1. The zero-order valence-corrected chi connectivity index (χ0v) is 7.90. The van der Waals surface area contributed by atoms with Gasteiger partial charge in [-0.1, -0.05) is 0 Å². The van der Waals surface area contributed by atoms with Gasteiger partial charge in [-0.05, 0) is 12.8 Å². The lowest BCUT2D eigenvalue weighted by Crippen LogP contribution is -2.43. The first kappa shape index (κ1) is 9.45. The van der Waals surface area contributed by atoms with Crippen molar-refractivity contribution in [3.05, 3.63) is 0 Å². The molecule has 2 atom stereocenters. The smallest absolute Gasteiger partial charge is 0.245 e. The molecule has 78 valence electrons. The third kappa shape index (κ3) is 1.72. The Hall–Kier alpha value is -1.10. The fourth-order valence-corrected chi connectivity index (χ4v) is 1.96. The first-order valence-corrected chi connectivity index (χ1v) is 4.93. The number of carbonyl (C=O) groups is 2. The highest BCUT2D eigenvalue weighted by Gasteiger charge is 2.33. The fraction of sp³-hybridized carbons (Fsp3) is 0.778. The Morgan fingerprint density at radius 1 is 1.50 bits per heavy atom. The molecule has 0 bridgehead atoms. The number of aliphatic hydroxyl groups excluding tert-OH is 1. The van der Waals surface area contributed by atoms with E-state index in [-0.39, 0.29) is 17.9 Å². The van der Waals surface area contributed by atoms with Crippen molar-refractivity contribution < 1.29 is 14.7 Å². The van der Waals surface area contributed by atoms with Crippen molar-refractivity contribution in [2.24, 2.45) is 0 Å². The Labute approximate surface area is 82.1 Å². The molecule has 2 amide bonds. The molecule has 0 spiro atoms. The number of β-amino-alcohol motifs (C(OH)–C–C–N with tert-alkyl or cyclic N) is 1. The number of rotatable bonds is 1. The van der Waals surface area contributed by atoms with Crippen molar-refractivity contribution in [2.75, 3.05) is 13.1 Å². The molecule has 14 heavy (non-hydrogen) atoms. The zero-order valence-electron chi connectivity index (χ0n) is 7.90. The van der Waals surface area contributed by atoms with Gasteiger partial charge in [0.2, 0.25) is 11.8 Å². The molecular formula is C9H14N2O3. The lowest BCUT2D eigenvalue weighted by atomic mass is 10.2. The highest BCUT2D eigenvalue weighted by Crippen LogP contribution is 2.14. The predicted molar refractivity (Wildman–Crippen MR) is 48.4 cm³/mol. The molecule has 2 aliphatic heterocycles. The molecule has 5 heteroatoms. The van der Waals surface area contributed by atoms with Gasteiger partial charge in [-0.3, -0.25) is 9.59 Å². The van der Waals surface area contributed by atoms with Crippen LogP contribution in [0.1, 0.15) is 19.3 Å². The van der Waals surface area contributed by atoms with Gasteiger partial charge in [-0.15, -0.1) is 0 Å². The number of amides is 2. The summed E-state index contributed by atoms with van der Waals surface area (Å²) in [6, 6.07) is -0.354. The van der Waals surface area contributed by atoms with E-state index in [2.05, 4.69) is 5.32 Å². The van der Waals surface area contributed by atoms with Gasteiger partial charge in [0.05, 0.1) is 6.10 Å². The van der Waals surface area contributed by atoms with Crippen LogP contribution in [0.15, 0.2) is 0 Å². The van der Waals surface area contributed by atoms with Gasteiger partial charge in [0.15, 0.2) is 0 Å². The van der Waals surface area contributed by atoms with E-state index in [9.17, 15) is 14.7 Å². The van der Waals surface area contributed by atoms with Crippen molar-refractivity contribution in [3.63, 3.8) is 0 Å². The van der Waals surface area contributed by atoms with Gasteiger partial charge in [-0.25, -0.2) is 0 Å². The van der Waals surface area contributed by atoms with Crippen LogP contribution in [-0.4, -0.2) is 47.1 Å². The maximum atomic E-state index is 11.7. The summed E-state index contributed by atoms with van der Waals surface area (Å²) < 4.78 is 0. The molecule has 0 aromatic rings. The van der Waals surface area contributed by atoms with E-state index in [1.165, 1.54) is 0 Å². The van der Waals surface area contributed by atoms with Gasteiger partial charge in [-0.2, -0.15) is 0 Å². The minimum Gasteiger partial charge on any atom is -0.391 e. The number of carbonyl (C=O) groups excluding carboxylic acids is 2. The standard InChI is InChI=1S/C9H14N2O3/c12-6-3-4-11(5-6)9(14)7-1-2-8(13)10-7/h6-7,12H,1-5H2,(H,10,13). The first-order valence-electron chi connectivity index (χ1n) is 4.93. The van der Waals surface area contributed by atoms with Crippen molar-refractivity contribution in [2.45, 2.75) is 31.4 Å². The molecule has 2 N–H and O–H groups in total. The molecule has 0 saturated carbocycles. The molecule has 0 radical (unpaired) electrons. The molecule has 2 aliphatic rings. The molecule has 2 rings (SSSR count). The topological polar surface area (TPSA) is 69.6 Å². The lowest BCUT2D eigenvalue weighted by molar-refractivity contribution is -0.133. The predicted octanol–water partition coefficient (Wildman–Crippen LogP) is -1.14. The Morgan fingerprint density at radius 3 is 2.79 bits per heavy atom. The highest BCUT2D eigenvalue weighted by atomic mass is 16.3. The summed E-state index contributed by atoms with van der Waals surface area (Å²) in [5, 5.41) is 11.9. The van der Waals surface area contributed by atoms with Crippen molar-refractivity contribution in [3.8, 4) is 0 Å². The molecule has 0 aliphatic carbocycles. The SMILES string of the molecule is O=C1CCC(C(=O)N2CCC(O)C2)N1. The van der Waals surface area contributed by atoms with Crippen molar-refractivity contribution in [1.29, 1.82) is 0 Å². The molecule has 0 aromatic heterocycles. The summed E-state index contributed by atoms with van der Waals surface area (Å²) in [5.41, 5.74) is 0. The molecule has 0 aromatic carbocycles. The van der Waals surface area contributed by atoms with Crippen LogP contribution in [0.25, 0.3) is 0 Å². The average molecular weight is 198 g/mol. The summed E-state index contributed by atoms with van der Waals surface area (Å²) in [5.74, 6) is -0.101. The fourth-order valence-electron chi connectivity index (χ4n) is 1.96. The van der Waals surface area contributed by atoms with Crippen LogP contribution in [0.3, 0.4) is 0 Å². The number of aliphatic hydroxyl groups is 1. The summed E-state index contributed by atoms with van der Waals surface area (Å²) in [4.78, 5) is 24.3. The van der Waals surface area contributed by atoms with Gasteiger partial charge < -0.3 is 15.3 Å². The number of hydrogen-bond donors (Lipinski definition) is 2. The van der Waals surface area contributed by atoms with E-state index in [4.69, 9.17) is 0 Å². The highest BCUT2D eigenvalue weighted by molar-refractivity contribution is 5.90. The number of nitrogens with one attached hydrogen (secondary N) is 1. The molecule has 2 fully saturated rings. The van der Waals surface area contributed by atoms with E-state index in [0.717, 1.165) is 0 Å². The lowest BCUT2D eigenvalue weighted by Gasteiger charge is -2.19. The third-order valence-corrected chi connectivity index (χ3v) is 2.77. The van der Waals surface area contributed by atoms with Crippen molar-refractivity contribution in [1.82, 2.24) is 10.2 Å². The Balaban J connectivity index is 1.92. The largest absolute Gasteiger partial charge is 0.391 e. The van der Waals surface area contributed by atoms with E-state index in [1.54, 1.807) is 4.90 Å². The first-order chi connectivity index (χ1) is 6.66. The van der Waals surface area contributed by atoms with Crippen LogP contribution in [0, 0.1) is 0 Å². The van der Waals surface area contributed by atoms with Crippen LogP contribution in [0.5, 0.6) is 0 Å². The van der Waals surface area contributed by atoms with Crippen LogP contribution < -0.4 is 5.32 Å². The van der Waals surface area contributed by atoms with Crippen LogP contribution in [0.4, 0.5) is 0 Å². The number of hydrogen-bond acceptors (Lipinski definition) is 3. The maximum Gasteiger partial charge on any atom is 0.245 e. The second-order valence-corrected chi connectivity index (χ2v) is 3.89. The molecule has 5 nitrogen and oxygen atoms in total. The van der Waals surface area contributed by atoms with Crippen LogP contribution >= 0.6 is 0 Å². The average Bonchev–Trinajstić information content (AvgIpc) is 2.73. The summed E-state index contributed by atoms with van der Waals surface area (Å²) in [6.07, 6.45) is 1.28. The molecule has 2 saturated heterocycles. The second-order valence-electron chi connectivity index (χ2n) is 3.89. The van der Waals surface area contributed by atoms with E-state index < -0.39 is 6.10 Å². The second kappa shape index (κ2) is 3.57. The van der Waals surface area contributed by atoms with Gasteiger partial charge >= 0.3 is 0 Å². The Bertz CT molecular complexity index is 267. The molecule has 2 unspecified atom stereocenters. The van der Waals surface area contributed by atoms with Gasteiger partial charge in [0.25, 0.3) is 0 Å². The summed E-state index contributed by atoms with van der Waals surface area (Å²) in [6.45, 7) is 1.01.